The molecular weight excluding hydrogens is 250 g/mol. The van der Waals surface area contributed by atoms with Crippen LogP contribution in [-0.4, -0.2) is 30.5 Å². The highest BCUT2D eigenvalue weighted by Crippen LogP contribution is 2.08. The summed E-state index contributed by atoms with van der Waals surface area (Å²) in [5, 5.41) is 6.31. The second-order valence-corrected chi connectivity index (χ2v) is 4.61. The van der Waals surface area contributed by atoms with Gasteiger partial charge >= 0.3 is 0 Å². The Labute approximate surface area is 114 Å². The molecule has 0 saturated carbocycles. The van der Waals surface area contributed by atoms with Gasteiger partial charge in [0.1, 0.15) is 0 Å². The molecule has 0 aliphatic carbocycles. The van der Waals surface area contributed by atoms with Crippen LogP contribution in [0.4, 0.5) is 0 Å². The topological polar surface area (TPSA) is 54.0 Å². The second kappa shape index (κ2) is 7.34. The van der Waals surface area contributed by atoms with Gasteiger partial charge in [0.05, 0.1) is 5.56 Å². The Morgan fingerprint density at radius 1 is 1.56 bits per heavy atom. The van der Waals surface area contributed by atoms with E-state index < -0.39 is 0 Å². The molecule has 1 fully saturated rings. The first-order chi connectivity index (χ1) is 8.25. The Kier molecular flexibility index (Phi) is 6.09. The number of aromatic nitrogens is 1. The Morgan fingerprint density at radius 2 is 2.39 bits per heavy atom. The van der Waals surface area contributed by atoms with Gasteiger partial charge in [0.25, 0.3) is 5.91 Å². The van der Waals surface area contributed by atoms with Crippen LogP contribution in [0.2, 0.25) is 0 Å². The maximum absolute atomic E-state index is 11.8. The number of rotatable bonds is 3. The van der Waals surface area contributed by atoms with Gasteiger partial charge in [-0.15, -0.1) is 12.4 Å². The molecule has 2 heterocycles. The van der Waals surface area contributed by atoms with E-state index in [2.05, 4.69) is 15.6 Å². The molecule has 1 aliphatic heterocycles. The molecule has 18 heavy (non-hydrogen) atoms. The zero-order valence-electron chi connectivity index (χ0n) is 10.6. The fourth-order valence-electron chi connectivity index (χ4n) is 2.04. The first-order valence-corrected chi connectivity index (χ1v) is 6.17. The molecule has 0 bridgehead atoms. The van der Waals surface area contributed by atoms with Crippen molar-refractivity contribution in [1.82, 2.24) is 15.6 Å². The number of pyridine rings is 1. The molecule has 4 nitrogen and oxygen atoms in total. The van der Waals surface area contributed by atoms with Crippen LogP contribution in [0.25, 0.3) is 0 Å². The van der Waals surface area contributed by atoms with Gasteiger partial charge in [-0.1, -0.05) is 0 Å². The van der Waals surface area contributed by atoms with Crippen LogP contribution in [0.15, 0.2) is 18.3 Å². The Morgan fingerprint density at radius 3 is 3.00 bits per heavy atom. The van der Waals surface area contributed by atoms with E-state index in [0.29, 0.717) is 11.5 Å². The van der Waals surface area contributed by atoms with Crippen molar-refractivity contribution < 1.29 is 4.79 Å². The van der Waals surface area contributed by atoms with Gasteiger partial charge in [0, 0.05) is 18.4 Å². The molecule has 2 rings (SSSR count). The highest BCUT2D eigenvalue weighted by Gasteiger charge is 2.14. The summed E-state index contributed by atoms with van der Waals surface area (Å²) in [6, 6.07) is 3.67. The van der Waals surface area contributed by atoms with E-state index in [0.717, 1.165) is 25.3 Å². The first-order valence-electron chi connectivity index (χ1n) is 6.17. The van der Waals surface area contributed by atoms with E-state index in [1.54, 1.807) is 6.20 Å². The first kappa shape index (κ1) is 14.9. The van der Waals surface area contributed by atoms with Crippen molar-refractivity contribution in [2.75, 3.05) is 19.6 Å². The van der Waals surface area contributed by atoms with Crippen LogP contribution >= 0.6 is 12.4 Å². The number of nitrogens with zero attached hydrogens (tertiary/aromatic N) is 1. The van der Waals surface area contributed by atoms with Crippen molar-refractivity contribution >= 4 is 18.3 Å². The summed E-state index contributed by atoms with van der Waals surface area (Å²) in [5.74, 6) is 0.536. The van der Waals surface area contributed by atoms with E-state index in [1.807, 2.05) is 19.1 Å². The van der Waals surface area contributed by atoms with Gasteiger partial charge < -0.3 is 10.6 Å². The lowest BCUT2D eigenvalue weighted by Crippen LogP contribution is -2.38. The zero-order chi connectivity index (χ0) is 12.1. The largest absolute Gasteiger partial charge is 0.352 e. The maximum Gasteiger partial charge on any atom is 0.252 e. The minimum Gasteiger partial charge on any atom is -0.352 e. The molecule has 5 heteroatoms. The smallest absolute Gasteiger partial charge is 0.252 e. The average Bonchev–Trinajstić information content (AvgIpc) is 2.38. The lowest BCUT2D eigenvalue weighted by atomic mass is 10.00. The average molecular weight is 270 g/mol. The van der Waals surface area contributed by atoms with E-state index in [9.17, 15) is 4.79 Å². The number of aryl methyl sites for hydroxylation is 1. The molecule has 1 saturated heterocycles. The number of hydrogen-bond acceptors (Lipinski definition) is 3. The third-order valence-corrected chi connectivity index (χ3v) is 3.12. The molecule has 100 valence electrons. The highest BCUT2D eigenvalue weighted by atomic mass is 35.5. The summed E-state index contributed by atoms with van der Waals surface area (Å²) in [4.78, 5) is 15.9. The zero-order valence-corrected chi connectivity index (χ0v) is 11.4. The van der Waals surface area contributed by atoms with Gasteiger partial charge in [-0.3, -0.25) is 9.78 Å². The Bertz CT molecular complexity index is 374. The monoisotopic (exact) mass is 269 g/mol. The summed E-state index contributed by atoms with van der Waals surface area (Å²) >= 11 is 0. The van der Waals surface area contributed by atoms with Gasteiger partial charge in [0.2, 0.25) is 0 Å². The van der Waals surface area contributed by atoms with Gasteiger partial charge in [-0.25, -0.2) is 0 Å². The SMILES string of the molecule is Cc1ccc(C(=O)NCC2CCCNC2)cn1.Cl. The quantitative estimate of drug-likeness (QED) is 0.875. The van der Waals surface area contributed by atoms with Gasteiger partial charge in [-0.2, -0.15) is 0 Å². The predicted octanol–water partition coefficient (Wildman–Crippen LogP) is 1.54. The Hall–Kier alpha value is -1.13. The number of carbonyl (C=O) groups excluding carboxylic acids is 1. The van der Waals surface area contributed by atoms with E-state index in [1.165, 1.54) is 12.8 Å². The normalized spacial score (nSPS) is 18.8. The molecule has 1 atom stereocenters. The lowest BCUT2D eigenvalue weighted by Gasteiger charge is -2.22. The van der Waals surface area contributed by atoms with E-state index in [-0.39, 0.29) is 18.3 Å². The van der Waals surface area contributed by atoms with Crippen LogP contribution < -0.4 is 10.6 Å². The van der Waals surface area contributed by atoms with Crippen LogP contribution in [0, 0.1) is 12.8 Å². The van der Waals surface area contributed by atoms with E-state index in [4.69, 9.17) is 0 Å². The van der Waals surface area contributed by atoms with Gasteiger partial charge in [0.15, 0.2) is 0 Å². The van der Waals surface area contributed by atoms with Crippen LogP contribution in [0.5, 0.6) is 0 Å². The molecule has 1 unspecified atom stereocenters. The van der Waals surface area contributed by atoms with Crippen molar-refractivity contribution in [3.8, 4) is 0 Å². The van der Waals surface area contributed by atoms with Crippen molar-refractivity contribution in [2.45, 2.75) is 19.8 Å². The molecule has 1 aromatic rings. The number of nitrogens with one attached hydrogen (secondary N) is 2. The molecule has 1 amide bonds. The molecule has 0 radical (unpaired) electrons. The summed E-state index contributed by atoms with van der Waals surface area (Å²) < 4.78 is 0. The maximum atomic E-state index is 11.8. The molecule has 0 spiro atoms. The summed E-state index contributed by atoms with van der Waals surface area (Å²) in [7, 11) is 0. The summed E-state index contributed by atoms with van der Waals surface area (Å²) in [5.41, 5.74) is 1.57. The summed E-state index contributed by atoms with van der Waals surface area (Å²) in [6.07, 6.45) is 4.02. The molecule has 1 aromatic heterocycles. The van der Waals surface area contributed by atoms with Crippen molar-refractivity contribution in [2.24, 2.45) is 5.92 Å². The fraction of sp³-hybridized carbons (Fsp3) is 0.538. The molecule has 0 aromatic carbocycles. The lowest BCUT2D eigenvalue weighted by molar-refractivity contribution is 0.0944. The predicted molar refractivity (Wildman–Crippen MR) is 74.1 cm³/mol. The summed E-state index contributed by atoms with van der Waals surface area (Å²) in [6.45, 7) is 4.77. The fourth-order valence-corrected chi connectivity index (χ4v) is 2.04. The highest BCUT2D eigenvalue weighted by molar-refractivity contribution is 5.93. The number of amides is 1. The van der Waals surface area contributed by atoms with Crippen molar-refractivity contribution in [3.05, 3.63) is 29.6 Å². The van der Waals surface area contributed by atoms with Crippen LogP contribution in [-0.2, 0) is 0 Å². The molecule has 1 aliphatic rings. The third kappa shape index (κ3) is 4.27. The second-order valence-electron chi connectivity index (χ2n) is 4.61. The van der Waals surface area contributed by atoms with Crippen LogP contribution in [0.3, 0.4) is 0 Å². The van der Waals surface area contributed by atoms with Crippen molar-refractivity contribution in [3.63, 3.8) is 0 Å². The Balaban J connectivity index is 0.00000162. The van der Waals surface area contributed by atoms with Gasteiger partial charge in [-0.05, 0) is 50.9 Å². The third-order valence-electron chi connectivity index (χ3n) is 3.12. The minimum atomic E-state index is -0.0249. The molecule has 2 N–H and O–H groups in total. The van der Waals surface area contributed by atoms with Crippen LogP contribution in [0.1, 0.15) is 28.9 Å². The minimum absolute atomic E-state index is 0. The van der Waals surface area contributed by atoms with E-state index >= 15 is 0 Å². The number of carbonyl (C=O) groups is 1. The molecular formula is C13H20ClN3O. The van der Waals surface area contributed by atoms with Crippen molar-refractivity contribution in [1.29, 1.82) is 0 Å². The number of hydrogen-bond donors (Lipinski definition) is 2. The number of piperidine rings is 1. The standard InChI is InChI=1S/C13H19N3O.ClH/c1-10-4-5-12(9-15-10)13(17)16-8-11-3-2-6-14-7-11;/h4-5,9,11,14H,2-3,6-8H2,1H3,(H,16,17);1H. The number of halogens is 1.